The number of benzene rings is 2. The third-order valence-electron chi connectivity index (χ3n) is 3.99. The quantitative estimate of drug-likeness (QED) is 0.508. The maximum atomic E-state index is 12.5. The molecular weight excluding hydrogens is 374 g/mol. The van der Waals surface area contributed by atoms with Gasteiger partial charge in [-0.2, -0.15) is 0 Å². The molecule has 0 saturated carbocycles. The lowest BCUT2D eigenvalue weighted by Gasteiger charge is -2.08. The fourth-order valence-corrected chi connectivity index (χ4v) is 3.24. The zero-order valence-corrected chi connectivity index (χ0v) is 15.4. The predicted molar refractivity (Wildman–Crippen MR) is 109 cm³/mol. The maximum absolute atomic E-state index is 12.5. The van der Waals surface area contributed by atoms with Gasteiger partial charge in [0.05, 0.1) is 11.1 Å². The van der Waals surface area contributed by atoms with Gasteiger partial charge in [-0.25, -0.2) is 4.98 Å². The SMILES string of the molecule is O=C(Nc1cccc(-c2cnco2)c1)c1ccc(NC(=O)c2cccs2)cc1. The van der Waals surface area contributed by atoms with Crippen molar-refractivity contribution in [2.24, 2.45) is 0 Å². The van der Waals surface area contributed by atoms with Crippen LogP contribution >= 0.6 is 11.3 Å². The van der Waals surface area contributed by atoms with Gasteiger partial charge in [-0.1, -0.05) is 18.2 Å². The molecule has 0 radical (unpaired) electrons. The van der Waals surface area contributed by atoms with Crippen molar-refractivity contribution in [1.82, 2.24) is 4.98 Å². The van der Waals surface area contributed by atoms with Crippen LogP contribution in [-0.4, -0.2) is 16.8 Å². The summed E-state index contributed by atoms with van der Waals surface area (Å²) in [5.74, 6) is 0.212. The molecule has 2 N–H and O–H groups in total. The Kier molecular flexibility index (Phi) is 4.99. The summed E-state index contributed by atoms with van der Waals surface area (Å²) in [5.41, 5.74) is 2.58. The molecule has 0 aliphatic heterocycles. The Morgan fingerprint density at radius 1 is 0.893 bits per heavy atom. The molecule has 7 heteroatoms. The van der Waals surface area contributed by atoms with Gasteiger partial charge < -0.3 is 15.1 Å². The molecule has 0 atom stereocenters. The van der Waals surface area contributed by atoms with Crippen LogP contribution in [0, 0.1) is 0 Å². The molecule has 0 saturated heterocycles. The van der Waals surface area contributed by atoms with Crippen molar-refractivity contribution < 1.29 is 14.0 Å². The smallest absolute Gasteiger partial charge is 0.265 e. The Labute approximate surface area is 164 Å². The summed E-state index contributed by atoms with van der Waals surface area (Å²) in [6.07, 6.45) is 2.98. The number of rotatable bonds is 5. The van der Waals surface area contributed by atoms with Gasteiger partial charge in [0.25, 0.3) is 11.8 Å². The second-order valence-electron chi connectivity index (χ2n) is 5.91. The normalized spacial score (nSPS) is 10.4. The highest BCUT2D eigenvalue weighted by molar-refractivity contribution is 7.12. The van der Waals surface area contributed by atoms with Crippen molar-refractivity contribution in [2.45, 2.75) is 0 Å². The van der Waals surface area contributed by atoms with Crippen molar-refractivity contribution in [1.29, 1.82) is 0 Å². The van der Waals surface area contributed by atoms with Gasteiger partial charge in [-0.3, -0.25) is 9.59 Å². The molecule has 2 amide bonds. The maximum Gasteiger partial charge on any atom is 0.265 e. The molecule has 138 valence electrons. The van der Waals surface area contributed by atoms with Gasteiger partial charge >= 0.3 is 0 Å². The number of oxazole rings is 1. The molecule has 0 unspecified atom stereocenters. The van der Waals surface area contributed by atoms with E-state index >= 15 is 0 Å². The molecule has 2 heterocycles. The highest BCUT2D eigenvalue weighted by Crippen LogP contribution is 2.22. The van der Waals surface area contributed by atoms with Gasteiger partial charge in [0.1, 0.15) is 0 Å². The first-order valence-corrected chi connectivity index (χ1v) is 9.32. The van der Waals surface area contributed by atoms with E-state index in [1.807, 2.05) is 29.6 Å². The lowest BCUT2D eigenvalue weighted by molar-refractivity contribution is 0.102. The van der Waals surface area contributed by atoms with E-state index < -0.39 is 0 Å². The van der Waals surface area contributed by atoms with Crippen LogP contribution < -0.4 is 10.6 Å². The first-order valence-electron chi connectivity index (χ1n) is 8.44. The lowest BCUT2D eigenvalue weighted by Crippen LogP contribution is -2.13. The summed E-state index contributed by atoms with van der Waals surface area (Å²) in [6, 6.07) is 17.6. The van der Waals surface area contributed by atoms with Crippen molar-refractivity contribution in [3.8, 4) is 11.3 Å². The predicted octanol–water partition coefficient (Wildman–Crippen LogP) is 4.91. The average molecular weight is 389 g/mol. The van der Waals surface area contributed by atoms with Crippen LogP contribution in [0.2, 0.25) is 0 Å². The van der Waals surface area contributed by atoms with E-state index in [0.717, 1.165) is 5.56 Å². The molecule has 0 aliphatic carbocycles. The van der Waals surface area contributed by atoms with Gasteiger partial charge in [0.2, 0.25) is 0 Å². The van der Waals surface area contributed by atoms with Crippen molar-refractivity contribution in [2.75, 3.05) is 10.6 Å². The van der Waals surface area contributed by atoms with E-state index in [2.05, 4.69) is 15.6 Å². The van der Waals surface area contributed by atoms with Crippen LogP contribution in [0.5, 0.6) is 0 Å². The number of carbonyl (C=O) groups is 2. The average Bonchev–Trinajstić information content (AvgIpc) is 3.43. The first kappa shape index (κ1) is 17.7. The van der Waals surface area contributed by atoms with E-state index in [1.54, 1.807) is 42.6 Å². The fourth-order valence-electron chi connectivity index (χ4n) is 2.62. The van der Waals surface area contributed by atoms with Crippen molar-refractivity contribution in [3.63, 3.8) is 0 Å². The highest BCUT2D eigenvalue weighted by Gasteiger charge is 2.10. The van der Waals surface area contributed by atoms with Crippen LogP contribution in [0.3, 0.4) is 0 Å². The Bertz CT molecular complexity index is 1090. The number of hydrogen-bond acceptors (Lipinski definition) is 5. The van der Waals surface area contributed by atoms with E-state index in [1.165, 1.54) is 17.7 Å². The molecule has 4 rings (SSSR count). The second kappa shape index (κ2) is 7.89. The van der Waals surface area contributed by atoms with Crippen LogP contribution in [0.1, 0.15) is 20.0 Å². The molecular formula is C21H15N3O3S. The molecule has 0 aliphatic rings. The summed E-state index contributed by atoms with van der Waals surface area (Å²) in [7, 11) is 0. The minimum Gasteiger partial charge on any atom is -0.444 e. The third-order valence-corrected chi connectivity index (χ3v) is 4.86. The van der Waals surface area contributed by atoms with Gasteiger partial charge in [-0.15, -0.1) is 11.3 Å². The molecule has 2 aromatic carbocycles. The van der Waals surface area contributed by atoms with Crippen LogP contribution in [0.25, 0.3) is 11.3 Å². The second-order valence-corrected chi connectivity index (χ2v) is 6.86. The molecule has 0 spiro atoms. The highest BCUT2D eigenvalue weighted by atomic mass is 32.1. The monoisotopic (exact) mass is 389 g/mol. The van der Waals surface area contributed by atoms with Crippen molar-refractivity contribution >= 4 is 34.5 Å². The number of aromatic nitrogens is 1. The van der Waals surface area contributed by atoms with Crippen LogP contribution in [0.15, 0.2) is 83.1 Å². The van der Waals surface area contributed by atoms with Gasteiger partial charge in [-0.05, 0) is 47.8 Å². The topological polar surface area (TPSA) is 84.2 Å². The standard InChI is InChI=1S/C21H15N3O3S/c25-20(24-17-4-1-3-15(11-17)18-12-22-13-27-18)14-6-8-16(9-7-14)23-21(26)19-5-2-10-28-19/h1-13H,(H,23,26)(H,24,25). The fraction of sp³-hybridized carbons (Fsp3) is 0. The Morgan fingerprint density at radius 2 is 1.71 bits per heavy atom. The number of nitrogens with one attached hydrogen (secondary N) is 2. The van der Waals surface area contributed by atoms with Crippen LogP contribution in [-0.2, 0) is 0 Å². The molecule has 0 bridgehead atoms. The Morgan fingerprint density at radius 3 is 2.43 bits per heavy atom. The summed E-state index contributed by atoms with van der Waals surface area (Å²) < 4.78 is 5.28. The molecule has 4 aromatic rings. The van der Waals surface area contributed by atoms with Gasteiger partial charge in [0, 0.05) is 22.5 Å². The number of nitrogens with zero attached hydrogens (tertiary/aromatic N) is 1. The van der Waals surface area contributed by atoms with E-state index in [4.69, 9.17) is 4.42 Å². The van der Waals surface area contributed by atoms with E-state index in [-0.39, 0.29) is 11.8 Å². The number of hydrogen-bond donors (Lipinski definition) is 2. The summed E-state index contributed by atoms with van der Waals surface area (Å²) >= 11 is 1.37. The largest absolute Gasteiger partial charge is 0.444 e. The molecule has 28 heavy (non-hydrogen) atoms. The zero-order valence-electron chi connectivity index (χ0n) is 14.6. The number of amides is 2. The summed E-state index contributed by atoms with van der Waals surface area (Å²) in [4.78, 5) is 29.1. The summed E-state index contributed by atoms with van der Waals surface area (Å²) in [6.45, 7) is 0. The lowest BCUT2D eigenvalue weighted by atomic mass is 10.1. The Hall–Kier alpha value is -3.71. The van der Waals surface area contributed by atoms with Gasteiger partial charge in [0.15, 0.2) is 12.2 Å². The molecule has 6 nitrogen and oxygen atoms in total. The number of anilines is 2. The van der Waals surface area contributed by atoms with Crippen molar-refractivity contribution in [3.05, 3.63) is 89.1 Å². The number of carbonyl (C=O) groups excluding carboxylic acids is 2. The molecule has 2 aromatic heterocycles. The first-order chi connectivity index (χ1) is 13.7. The summed E-state index contributed by atoms with van der Waals surface area (Å²) in [5, 5.41) is 7.51. The molecule has 0 fully saturated rings. The van der Waals surface area contributed by atoms with E-state index in [0.29, 0.717) is 27.6 Å². The third kappa shape index (κ3) is 3.99. The number of thiophene rings is 1. The minimum absolute atomic E-state index is 0.170. The Balaban J connectivity index is 1.43. The minimum atomic E-state index is -0.245. The zero-order chi connectivity index (χ0) is 19.3. The van der Waals surface area contributed by atoms with E-state index in [9.17, 15) is 9.59 Å². The van der Waals surface area contributed by atoms with Crippen LogP contribution in [0.4, 0.5) is 11.4 Å².